The van der Waals surface area contributed by atoms with Crippen molar-refractivity contribution >= 4 is 25.8 Å². The highest BCUT2D eigenvalue weighted by Gasteiger charge is 2.24. The van der Waals surface area contributed by atoms with Gasteiger partial charge in [-0.15, -0.1) is 0 Å². The van der Waals surface area contributed by atoms with Gasteiger partial charge in [0.05, 0.1) is 21.4 Å². The Bertz CT molecular complexity index is 988. The summed E-state index contributed by atoms with van der Waals surface area (Å²) in [6.07, 6.45) is 6.14. The molecule has 0 heterocycles. The second kappa shape index (κ2) is 8.77. The predicted octanol–water partition coefficient (Wildman–Crippen LogP) is 5.23. The molecule has 0 aliphatic heterocycles. The van der Waals surface area contributed by atoms with E-state index in [0.717, 1.165) is 15.6 Å². The predicted molar refractivity (Wildman–Crippen MR) is 114 cm³/mol. The molecule has 6 heteroatoms. The molecule has 0 atom stereocenters. The van der Waals surface area contributed by atoms with Crippen LogP contribution in [0.3, 0.4) is 0 Å². The number of hydrogen-bond donors (Lipinski definition) is 0. The molecular weight excluding hydrogens is 436 g/mol. The quantitative estimate of drug-likeness (QED) is 0.612. The minimum Gasteiger partial charge on any atom is -0.299 e. The first-order chi connectivity index (χ1) is 13.3. The summed E-state index contributed by atoms with van der Waals surface area (Å²) in [5, 5.41) is 9.47. The van der Waals surface area contributed by atoms with E-state index in [0.29, 0.717) is 18.2 Å². The van der Waals surface area contributed by atoms with Crippen molar-refractivity contribution in [2.45, 2.75) is 61.4 Å². The summed E-state index contributed by atoms with van der Waals surface area (Å²) in [7, 11) is -1.60. The van der Waals surface area contributed by atoms with Crippen LogP contribution in [-0.4, -0.2) is 26.4 Å². The van der Waals surface area contributed by atoms with Crippen molar-refractivity contribution in [3.05, 3.63) is 57.6 Å². The zero-order valence-corrected chi connectivity index (χ0v) is 18.7. The molecule has 1 aliphatic rings. The number of nitrogens with zero attached hydrogens (tertiary/aromatic N) is 2. The van der Waals surface area contributed by atoms with Gasteiger partial charge in [-0.05, 0) is 74.3 Å². The van der Waals surface area contributed by atoms with Gasteiger partial charge in [0.15, 0.2) is 0 Å². The van der Waals surface area contributed by atoms with Gasteiger partial charge in [0.25, 0.3) is 0 Å². The number of hydrogen-bond acceptors (Lipinski definition) is 4. The fourth-order valence-electron chi connectivity index (χ4n) is 3.91. The molecule has 0 saturated heterocycles. The lowest BCUT2D eigenvalue weighted by Gasteiger charge is -2.31. The normalized spacial score (nSPS) is 15.5. The molecule has 0 bridgehead atoms. The average Bonchev–Trinajstić information content (AvgIpc) is 2.70. The fraction of sp³-hybridized carbons (Fsp3) is 0.409. The lowest BCUT2D eigenvalue weighted by molar-refractivity contribution is 0.184. The van der Waals surface area contributed by atoms with Gasteiger partial charge in [-0.3, -0.25) is 4.90 Å². The Morgan fingerprint density at radius 1 is 1.14 bits per heavy atom. The number of nitriles is 1. The van der Waals surface area contributed by atoms with Crippen molar-refractivity contribution in [2.75, 3.05) is 7.05 Å². The standard InChI is InChI=1S/C22H25BrN2O2S/c1-16-18(15-25(2)20-6-4-3-5-7-20)12-17(14-24)13-22(16)28(26,27)21-10-8-19(23)9-11-21/h8-13,20H,3-7,15H2,1-2H3. The highest BCUT2D eigenvalue weighted by atomic mass is 79.9. The van der Waals surface area contributed by atoms with Crippen LogP contribution in [0.15, 0.2) is 50.7 Å². The number of halogens is 1. The Labute approximate surface area is 176 Å². The Kier molecular flexibility index (Phi) is 6.59. The van der Waals surface area contributed by atoms with Crippen LogP contribution in [0.4, 0.5) is 0 Å². The van der Waals surface area contributed by atoms with Crippen LogP contribution in [0.25, 0.3) is 0 Å². The zero-order valence-electron chi connectivity index (χ0n) is 16.3. The highest BCUT2D eigenvalue weighted by molar-refractivity contribution is 9.10. The molecule has 0 unspecified atom stereocenters. The van der Waals surface area contributed by atoms with Crippen molar-refractivity contribution in [1.82, 2.24) is 4.90 Å². The van der Waals surface area contributed by atoms with Crippen LogP contribution in [0.5, 0.6) is 0 Å². The van der Waals surface area contributed by atoms with E-state index in [1.54, 1.807) is 24.3 Å². The largest absolute Gasteiger partial charge is 0.299 e. The number of rotatable bonds is 5. The Morgan fingerprint density at radius 3 is 2.39 bits per heavy atom. The third-order valence-corrected chi connectivity index (χ3v) is 8.05. The molecule has 0 radical (unpaired) electrons. The molecule has 0 spiro atoms. The van der Waals surface area contributed by atoms with Crippen LogP contribution in [0.1, 0.15) is 48.8 Å². The van der Waals surface area contributed by atoms with E-state index in [4.69, 9.17) is 0 Å². The first kappa shape index (κ1) is 21.0. The molecular formula is C22H25BrN2O2S. The number of benzene rings is 2. The van der Waals surface area contributed by atoms with E-state index < -0.39 is 9.84 Å². The third-order valence-electron chi connectivity index (χ3n) is 5.63. The second-order valence-corrected chi connectivity index (χ2v) is 10.4. The van der Waals surface area contributed by atoms with E-state index >= 15 is 0 Å². The molecule has 1 aliphatic carbocycles. The SMILES string of the molecule is Cc1c(CN(C)C2CCCCC2)cc(C#N)cc1S(=O)(=O)c1ccc(Br)cc1. The Morgan fingerprint density at radius 2 is 1.79 bits per heavy atom. The van der Waals surface area contributed by atoms with E-state index in [1.165, 1.54) is 38.2 Å². The maximum Gasteiger partial charge on any atom is 0.206 e. The lowest BCUT2D eigenvalue weighted by atomic mass is 9.94. The van der Waals surface area contributed by atoms with Crippen molar-refractivity contribution in [3.8, 4) is 6.07 Å². The number of sulfone groups is 1. The molecule has 148 valence electrons. The maximum absolute atomic E-state index is 13.2. The van der Waals surface area contributed by atoms with E-state index in [2.05, 4.69) is 33.9 Å². The Balaban J connectivity index is 1.99. The van der Waals surface area contributed by atoms with Crippen molar-refractivity contribution in [3.63, 3.8) is 0 Å². The van der Waals surface area contributed by atoms with Gasteiger partial charge in [0.2, 0.25) is 9.84 Å². The minimum atomic E-state index is -3.69. The van der Waals surface area contributed by atoms with Crippen molar-refractivity contribution < 1.29 is 8.42 Å². The van der Waals surface area contributed by atoms with Crippen molar-refractivity contribution in [1.29, 1.82) is 5.26 Å². The molecule has 3 rings (SSSR count). The second-order valence-electron chi connectivity index (χ2n) is 7.53. The molecule has 1 fully saturated rings. The third kappa shape index (κ3) is 4.48. The summed E-state index contributed by atoms with van der Waals surface area (Å²) in [5.74, 6) is 0. The average molecular weight is 461 g/mol. The van der Waals surface area contributed by atoms with Crippen LogP contribution in [0.2, 0.25) is 0 Å². The lowest BCUT2D eigenvalue weighted by Crippen LogP contribution is -2.33. The smallest absolute Gasteiger partial charge is 0.206 e. The summed E-state index contributed by atoms with van der Waals surface area (Å²) in [6, 6.07) is 12.6. The van der Waals surface area contributed by atoms with Gasteiger partial charge < -0.3 is 0 Å². The van der Waals surface area contributed by atoms with Gasteiger partial charge in [0.1, 0.15) is 0 Å². The first-order valence-corrected chi connectivity index (χ1v) is 11.8. The first-order valence-electron chi connectivity index (χ1n) is 9.57. The van der Waals surface area contributed by atoms with E-state index in [-0.39, 0.29) is 9.79 Å². The molecule has 4 nitrogen and oxygen atoms in total. The molecule has 2 aromatic rings. The van der Waals surface area contributed by atoms with Gasteiger partial charge in [-0.2, -0.15) is 5.26 Å². The highest BCUT2D eigenvalue weighted by Crippen LogP contribution is 2.30. The van der Waals surface area contributed by atoms with Gasteiger partial charge in [-0.25, -0.2) is 8.42 Å². The van der Waals surface area contributed by atoms with Crippen molar-refractivity contribution in [2.24, 2.45) is 0 Å². The molecule has 28 heavy (non-hydrogen) atoms. The van der Waals surface area contributed by atoms with Crippen LogP contribution >= 0.6 is 15.9 Å². The van der Waals surface area contributed by atoms with Gasteiger partial charge >= 0.3 is 0 Å². The monoisotopic (exact) mass is 460 g/mol. The van der Waals surface area contributed by atoms with E-state index in [1.807, 2.05) is 13.0 Å². The molecule has 1 saturated carbocycles. The molecule has 0 amide bonds. The van der Waals surface area contributed by atoms with Gasteiger partial charge in [-0.1, -0.05) is 35.2 Å². The summed E-state index contributed by atoms with van der Waals surface area (Å²) >= 11 is 3.34. The topological polar surface area (TPSA) is 61.2 Å². The molecule has 2 aromatic carbocycles. The van der Waals surface area contributed by atoms with Crippen LogP contribution in [0, 0.1) is 18.3 Å². The Hall–Kier alpha value is -1.68. The summed E-state index contributed by atoms with van der Waals surface area (Å²) in [5.41, 5.74) is 2.01. The van der Waals surface area contributed by atoms with E-state index in [9.17, 15) is 13.7 Å². The van der Waals surface area contributed by atoms with Gasteiger partial charge in [0, 0.05) is 17.1 Å². The minimum absolute atomic E-state index is 0.223. The fourth-order valence-corrected chi connectivity index (χ4v) is 5.74. The summed E-state index contributed by atoms with van der Waals surface area (Å²) in [6.45, 7) is 2.49. The van der Waals surface area contributed by atoms with Crippen LogP contribution in [-0.2, 0) is 16.4 Å². The molecule has 0 N–H and O–H groups in total. The molecule has 0 aromatic heterocycles. The zero-order chi connectivity index (χ0) is 20.3. The van der Waals surface area contributed by atoms with Crippen LogP contribution < -0.4 is 0 Å². The maximum atomic E-state index is 13.2. The summed E-state index contributed by atoms with van der Waals surface area (Å²) in [4.78, 5) is 2.76. The summed E-state index contributed by atoms with van der Waals surface area (Å²) < 4.78 is 27.3.